The fourth-order valence-electron chi connectivity index (χ4n) is 4.07. The summed E-state index contributed by atoms with van der Waals surface area (Å²) >= 11 is 0. The predicted octanol–water partition coefficient (Wildman–Crippen LogP) is 3.31. The van der Waals surface area contributed by atoms with Crippen LogP contribution >= 0.6 is 0 Å². The van der Waals surface area contributed by atoms with E-state index in [1.807, 2.05) is 45.0 Å². The van der Waals surface area contributed by atoms with E-state index in [1.165, 1.54) is 4.57 Å². The molecule has 1 amide bonds. The van der Waals surface area contributed by atoms with Crippen LogP contribution in [0.5, 0.6) is 0 Å². The highest BCUT2D eigenvalue weighted by Gasteiger charge is 2.20. The molecule has 0 atom stereocenters. The van der Waals surface area contributed by atoms with Gasteiger partial charge in [-0.1, -0.05) is 43.3 Å². The number of aromatic nitrogens is 3. The Kier molecular flexibility index (Phi) is 5.57. The largest absolute Gasteiger partial charge is 0.342 e. The van der Waals surface area contributed by atoms with Crippen LogP contribution in [0.2, 0.25) is 0 Å². The Bertz CT molecular complexity index is 1440. The second kappa shape index (κ2) is 8.34. The first kappa shape index (κ1) is 21.4. The first-order valence-corrected chi connectivity index (χ1v) is 10.6. The minimum Gasteiger partial charge on any atom is -0.342 e. The van der Waals surface area contributed by atoms with Gasteiger partial charge < -0.3 is 9.88 Å². The molecule has 0 bridgehead atoms. The van der Waals surface area contributed by atoms with Gasteiger partial charge in [0.1, 0.15) is 12.1 Å². The standard InChI is InChI=1S/C25H26N4O3/c1-5-18-11-9-10-16(2)22(18)26-21(30)15-28-20-14-17(3)27(4)23(20)24(31)29(25(28)32)19-12-7-6-8-13-19/h6-14H,5,15H2,1-4H3,(H,26,30). The van der Waals surface area contributed by atoms with Crippen LogP contribution < -0.4 is 16.6 Å². The van der Waals surface area contributed by atoms with E-state index in [1.54, 1.807) is 41.9 Å². The van der Waals surface area contributed by atoms with Crippen LogP contribution in [0.4, 0.5) is 5.69 Å². The van der Waals surface area contributed by atoms with Gasteiger partial charge in [0.05, 0.1) is 11.2 Å². The molecule has 0 unspecified atom stereocenters. The van der Waals surface area contributed by atoms with Gasteiger partial charge in [0.15, 0.2) is 0 Å². The monoisotopic (exact) mass is 430 g/mol. The molecule has 2 heterocycles. The van der Waals surface area contributed by atoms with Gasteiger partial charge in [0.2, 0.25) is 5.91 Å². The van der Waals surface area contributed by atoms with Crippen LogP contribution in [0.25, 0.3) is 16.7 Å². The van der Waals surface area contributed by atoms with Crippen molar-refractivity contribution in [3.05, 3.63) is 92.3 Å². The van der Waals surface area contributed by atoms with Gasteiger partial charge in [-0.05, 0) is 49.6 Å². The maximum absolute atomic E-state index is 13.4. The van der Waals surface area contributed by atoms with Gasteiger partial charge in [-0.2, -0.15) is 0 Å². The van der Waals surface area contributed by atoms with Crippen LogP contribution in [-0.2, 0) is 24.8 Å². The number of aryl methyl sites for hydroxylation is 4. The maximum Gasteiger partial charge on any atom is 0.336 e. The molecule has 2 aromatic heterocycles. The Morgan fingerprint density at radius 1 is 1.00 bits per heavy atom. The van der Waals surface area contributed by atoms with Crippen molar-refractivity contribution in [2.45, 2.75) is 33.7 Å². The topological polar surface area (TPSA) is 78.0 Å². The van der Waals surface area contributed by atoms with Gasteiger partial charge in [0, 0.05) is 18.4 Å². The summed E-state index contributed by atoms with van der Waals surface area (Å²) in [6, 6.07) is 16.4. The number of amides is 1. The van der Waals surface area contributed by atoms with E-state index in [-0.39, 0.29) is 12.5 Å². The quantitative estimate of drug-likeness (QED) is 0.528. The first-order chi connectivity index (χ1) is 15.3. The Balaban J connectivity index is 1.86. The second-order valence-corrected chi connectivity index (χ2v) is 7.93. The Labute approximate surface area is 185 Å². The zero-order valence-electron chi connectivity index (χ0n) is 18.7. The molecule has 0 saturated carbocycles. The minimum atomic E-state index is -0.546. The number of nitrogens with one attached hydrogen (secondary N) is 1. The molecule has 4 rings (SSSR count). The van der Waals surface area contributed by atoms with Crippen molar-refractivity contribution in [1.82, 2.24) is 13.7 Å². The number of anilines is 1. The molecule has 1 N–H and O–H groups in total. The number of nitrogens with zero attached hydrogens (tertiary/aromatic N) is 3. The highest BCUT2D eigenvalue weighted by molar-refractivity contribution is 5.93. The molecule has 0 saturated heterocycles. The molecule has 7 nitrogen and oxygen atoms in total. The molecule has 0 aliphatic rings. The number of para-hydroxylation sites is 2. The summed E-state index contributed by atoms with van der Waals surface area (Å²) in [4.78, 5) is 39.8. The summed E-state index contributed by atoms with van der Waals surface area (Å²) in [7, 11) is 1.78. The fraction of sp³-hybridized carbons (Fsp3) is 0.240. The lowest BCUT2D eigenvalue weighted by molar-refractivity contribution is -0.116. The summed E-state index contributed by atoms with van der Waals surface area (Å²) in [5.74, 6) is -0.322. The van der Waals surface area contributed by atoms with Gasteiger partial charge in [-0.3, -0.25) is 14.2 Å². The molecule has 32 heavy (non-hydrogen) atoms. The summed E-state index contributed by atoms with van der Waals surface area (Å²) in [5, 5.41) is 2.97. The van der Waals surface area contributed by atoms with Crippen molar-refractivity contribution >= 4 is 22.6 Å². The van der Waals surface area contributed by atoms with E-state index >= 15 is 0 Å². The first-order valence-electron chi connectivity index (χ1n) is 10.6. The molecule has 164 valence electrons. The molecule has 0 aliphatic heterocycles. The predicted molar refractivity (Wildman–Crippen MR) is 127 cm³/mol. The zero-order chi connectivity index (χ0) is 23.0. The van der Waals surface area contributed by atoms with E-state index in [9.17, 15) is 14.4 Å². The third-order valence-electron chi connectivity index (χ3n) is 5.89. The number of hydrogen-bond acceptors (Lipinski definition) is 3. The summed E-state index contributed by atoms with van der Waals surface area (Å²) < 4.78 is 4.25. The number of carbonyl (C=O) groups is 1. The van der Waals surface area contributed by atoms with Gasteiger partial charge in [-0.15, -0.1) is 0 Å². The molecular weight excluding hydrogens is 404 g/mol. The summed E-state index contributed by atoms with van der Waals surface area (Å²) in [5.41, 5.74) is 3.91. The highest BCUT2D eigenvalue weighted by Crippen LogP contribution is 2.21. The van der Waals surface area contributed by atoms with Gasteiger partial charge in [-0.25, -0.2) is 9.36 Å². The van der Waals surface area contributed by atoms with Crippen LogP contribution in [0.1, 0.15) is 23.7 Å². The summed E-state index contributed by atoms with van der Waals surface area (Å²) in [6.07, 6.45) is 0.776. The Morgan fingerprint density at radius 3 is 2.41 bits per heavy atom. The fourth-order valence-corrected chi connectivity index (χ4v) is 4.07. The van der Waals surface area contributed by atoms with Crippen molar-refractivity contribution in [2.24, 2.45) is 7.05 Å². The average molecular weight is 431 g/mol. The Hall–Kier alpha value is -3.87. The molecule has 4 aromatic rings. The van der Waals surface area contributed by atoms with Gasteiger partial charge in [0.25, 0.3) is 5.56 Å². The van der Waals surface area contributed by atoms with Crippen LogP contribution in [-0.4, -0.2) is 19.6 Å². The molecule has 0 aliphatic carbocycles. The van der Waals surface area contributed by atoms with E-state index < -0.39 is 11.2 Å². The molecule has 7 heteroatoms. The summed E-state index contributed by atoms with van der Waals surface area (Å²) in [6.45, 7) is 5.63. The number of rotatable bonds is 5. The molecule has 2 aromatic carbocycles. The lowest BCUT2D eigenvalue weighted by Crippen LogP contribution is -2.41. The third kappa shape index (κ3) is 3.56. The molecular formula is C25H26N4O3. The van der Waals surface area contributed by atoms with Crippen LogP contribution in [0.15, 0.2) is 64.2 Å². The van der Waals surface area contributed by atoms with E-state index in [0.29, 0.717) is 16.7 Å². The Morgan fingerprint density at radius 2 is 1.72 bits per heavy atom. The van der Waals surface area contributed by atoms with Crippen LogP contribution in [0.3, 0.4) is 0 Å². The SMILES string of the molecule is CCc1cccc(C)c1NC(=O)Cn1c(=O)n(-c2ccccc2)c(=O)c2c1cc(C)n2C. The lowest BCUT2D eigenvalue weighted by Gasteiger charge is -2.15. The van der Waals surface area contributed by atoms with Crippen molar-refractivity contribution in [3.63, 3.8) is 0 Å². The van der Waals surface area contributed by atoms with Crippen molar-refractivity contribution in [1.29, 1.82) is 0 Å². The van der Waals surface area contributed by atoms with Crippen LogP contribution in [0, 0.1) is 13.8 Å². The number of carbonyl (C=O) groups excluding carboxylic acids is 1. The molecule has 0 fully saturated rings. The average Bonchev–Trinajstić information content (AvgIpc) is 3.08. The highest BCUT2D eigenvalue weighted by atomic mass is 16.2. The van der Waals surface area contributed by atoms with Crippen molar-refractivity contribution in [2.75, 3.05) is 5.32 Å². The minimum absolute atomic E-state index is 0.205. The molecule has 0 spiro atoms. The van der Waals surface area contributed by atoms with Crippen molar-refractivity contribution < 1.29 is 4.79 Å². The second-order valence-electron chi connectivity index (χ2n) is 7.93. The van der Waals surface area contributed by atoms with E-state index in [2.05, 4.69) is 5.32 Å². The number of benzene rings is 2. The third-order valence-corrected chi connectivity index (χ3v) is 5.89. The molecule has 0 radical (unpaired) electrons. The number of hydrogen-bond donors (Lipinski definition) is 1. The van der Waals surface area contributed by atoms with Crippen molar-refractivity contribution in [3.8, 4) is 5.69 Å². The normalized spacial score (nSPS) is 11.1. The number of fused-ring (bicyclic) bond motifs is 1. The smallest absolute Gasteiger partial charge is 0.336 e. The van der Waals surface area contributed by atoms with Gasteiger partial charge >= 0.3 is 5.69 Å². The maximum atomic E-state index is 13.4. The van der Waals surface area contributed by atoms with E-state index in [4.69, 9.17) is 0 Å². The lowest BCUT2D eigenvalue weighted by atomic mass is 10.1. The van der Waals surface area contributed by atoms with E-state index in [0.717, 1.165) is 33.5 Å². The zero-order valence-corrected chi connectivity index (χ0v) is 18.7.